The highest BCUT2D eigenvalue weighted by Crippen LogP contribution is 2.30. The molecule has 11 N–H and O–H groups in total. The smallest absolute Gasteiger partial charge is 0.408 e. The summed E-state index contributed by atoms with van der Waals surface area (Å²) in [6.07, 6.45) is -1.47. The zero-order valence-corrected chi connectivity index (χ0v) is 45.3. The number of nitrogens with zero attached hydrogens (tertiary/aromatic N) is 2. The van der Waals surface area contributed by atoms with E-state index in [1.165, 1.54) is 35.4 Å². The Kier molecular flexibility index (Phi) is 26.0. The molecule has 0 aliphatic carbocycles. The molecule has 420 valence electrons. The molecule has 76 heavy (non-hydrogen) atoms. The van der Waals surface area contributed by atoms with E-state index in [2.05, 4.69) is 42.2 Å². The van der Waals surface area contributed by atoms with Crippen molar-refractivity contribution in [2.45, 2.75) is 154 Å². The minimum Gasteiger partial charge on any atom is -0.508 e. The van der Waals surface area contributed by atoms with Crippen molar-refractivity contribution in [1.82, 2.24) is 41.5 Å². The van der Waals surface area contributed by atoms with Crippen LogP contribution in [0.25, 0.3) is 0 Å². The van der Waals surface area contributed by atoms with E-state index in [1.807, 2.05) is 33.8 Å². The van der Waals surface area contributed by atoms with E-state index in [4.69, 9.17) is 9.47 Å². The quantitative estimate of drug-likeness (QED) is 0.0413. The van der Waals surface area contributed by atoms with Gasteiger partial charge in [0, 0.05) is 31.5 Å². The lowest BCUT2D eigenvalue weighted by atomic mass is 9.95. The number of amides is 6. The fourth-order valence-electron chi connectivity index (χ4n) is 8.21. The lowest BCUT2D eigenvalue weighted by molar-refractivity contribution is -0.133. The number of carbonyl (C=O) groups is 6. The summed E-state index contributed by atoms with van der Waals surface area (Å²) >= 11 is 1.42. The molecule has 1 fully saturated rings. The molecule has 0 spiro atoms. The maximum Gasteiger partial charge on any atom is 0.408 e. The number of hydrogen-bond acceptors (Lipinski definition) is 16. The van der Waals surface area contributed by atoms with E-state index in [-0.39, 0.29) is 55.5 Å². The third-order valence-electron chi connectivity index (χ3n) is 12.3. The zero-order chi connectivity index (χ0) is 55.9. The van der Waals surface area contributed by atoms with Gasteiger partial charge in [0.25, 0.3) is 0 Å². The number of anilines is 1. The number of aromatic hydroxyl groups is 1. The minimum absolute atomic E-state index is 0.00925. The normalized spacial score (nSPS) is 17.1. The standard InChI is InChI=1S/C53H79N9O13S/c1-31(2)23-38(41(65)26-44(67)55-21-12-11-20-54-43-19-22-62(52(72)60-43)46-30-76-47(28-63)75-46)57-49(69)34(7)56-45(68)27-42(66)39(24-32(3)4)58-51(71)48(33(5)6)61-50(70)40(25-35-15-17-37(64)18-16-35)59-53(73)74-29-36-13-9-8-10-14-36/h8-10,13-19,22,31-34,38-42,46-48,63-66H,11-12,20-21,23-30H2,1-7H3,(H,55,67)(H,56,68)(H,57,69)(H,58,71)(H,59,73)(H,61,70)(H,54,60,72)/t34-,38-,39-,40-,41-,42-,46+,47-,48-/m0/s1. The van der Waals surface area contributed by atoms with E-state index < -0.39 is 102 Å². The van der Waals surface area contributed by atoms with Crippen molar-refractivity contribution in [1.29, 1.82) is 0 Å². The van der Waals surface area contributed by atoms with Crippen molar-refractivity contribution in [3.63, 3.8) is 0 Å². The van der Waals surface area contributed by atoms with Gasteiger partial charge in [0.05, 0.1) is 43.7 Å². The number of carbonyl (C=O) groups excluding carboxylic acids is 6. The van der Waals surface area contributed by atoms with Crippen LogP contribution >= 0.6 is 11.8 Å². The number of aromatic nitrogens is 2. The van der Waals surface area contributed by atoms with Crippen molar-refractivity contribution < 1.29 is 58.7 Å². The molecule has 6 amide bonds. The van der Waals surface area contributed by atoms with Crippen molar-refractivity contribution in [2.75, 3.05) is 30.8 Å². The lowest BCUT2D eigenvalue weighted by Crippen LogP contribution is -2.58. The molecule has 9 atom stereocenters. The summed E-state index contributed by atoms with van der Waals surface area (Å²) in [5.41, 5.74) is 0.474. The summed E-state index contributed by atoms with van der Waals surface area (Å²) in [6.45, 7) is 13.0. The molecule has 4 rings (SSSR count). The van der Waals surface area contributed by atoms with Crippen LogP contribution in [0, 0.1) is 17.8 Å². The molecule has 0 bridgehead atoms. The van der Waals surface area contributed by atoms with Crippen LogP contribution < -0.4 is 42.9 Å². The summed E-state index contributed by atoms with van der Waals surface area (Å²) < 4.78 is 12.4. The molecule has 3 aromatic rings. The Labute approximate surface area is 448 Å². The van der Waals surface area contributed by atoms with E-state index >= 15 is 0 Å². The summed E-state index contributed by atoms with van der Waals surface area (Å²) in [7, 11) is 0. The largest absolute Gasteiger partial charge is 0.508 e. The Balaban J connectivity index is 1.26. The van der Waals surface area contributed by atoms with Crippen LogP contribution in [0.4, 0.5) is 10.6 Å². The van der Waals surface area contributed by atoms with Crippen molar-refractivity contribution >= 4 is 53.2 Å². The van der Waals surface area contributed by atoms with Crippen molar-refractivity contribution in [3.8, 4) is 5.75 Å². The highest BCUT2D eigenvalue weighted by atomic mass is 32.2. The Morgan fingerprint density at radius 2 is 1.37 bits per heavy atom. The monoisotopic (exact) mass is 1080 g/mol. The molecular formula is C53H79N9O13S. The third-order valence-corrected chi connectivity index (χ3v) is 13.4. The Hall–Kier alpha value is -6.27. The number of hydrogen-bond donors (Lipinski definition) is 11. The predicted molar refractivity (Wildman–Crippen MR) is 286 cm³/mol. The molecule has 0 unspecified atom stereocenters. The predicted octanol–water partition coefficient (Wildman–Crippen LogP) is 2.58. The number of benzene rings is 2. The van der Waals surface area contributed by atoms with Crippen LogP contribution in [0.2, 0.25) is 0 Å². The molecule has 0 saturated carbocycles. The number of unbranched alkanes of at least 4 members (excludes halogenated alkanes) is 1. The summed E-state index contributed by atoms with van der Waals surface area (Å²) in [5, 5.41) is 61.0. The Morgan fingerprint density at radius 3 is 1.96 bits per heavy atom. The van der Waals surface area contributed by atoms with Gasteiger partial charge in [-0.3, -0.25) is 28.5 Å². The number of rotatable bonds is 31. The Morgan fingerprint density at radius 1 is 0.750 bits per heavy atom. The van der Waals surface area contributed by atoms with E-state index in [0.29, 0.717) is 49.5 Å². The molecule has 1 saturated heterocycles. The first-order chi connectivity index (χ1) is 36.1. The van der Waals surface area contributed by atoms with Crippen LogP contribution in [-0.2, 0) is 46.5 Å². The van der Waals surface area contributed by atoms with Crippen LogP contribution in [0.3, 0.4) is 0 Å². The van der Waals surface area contributed by atoms with Crippen LogP contribution in [0.15, 0.2) is 71.7 Å². The lowest BCUT2D eigenvalue weighted by Gasteiger charge is -2.30. The second-order valence-electron chi connectivity index (χ2n) is 20.2. The van der Waals surface area contributed by atoms with E-state index in [0.717, 1.165) is 5.56 Å². The maximum absolute atomic E-state index is 14.0. The van der Waals surface area contributed by atoms with Crippen molar-refractivity contribution in [2.24, 2.45) is 17.8 Å². The molecule has 1 aliphatic heterocycles. The molecule has 1 aliphatic rings. The number of phenols is 1. The first-order valence-corrected chi connectivity index (χ1v) is 27.0. The van der Waals surface area contributed by atoms with Gasteiger partial charge in [0.1, 0.15) is 48.0 Å². The number of thioether (sulfide) groups is 1. The molecule has 2 heterocycles. The fourth-order valence-corrected chi connectivity index (χ4v) is 9.14. The van der Waals surface area contributed by atoms with Gasteiger partial charge >= 0.3 is 11.8 Å². The zero-order valence-electron chi connectivity index (χ0n) is 44.5. The van der Waals surface area contributed by atoms with Gasteiger partial charge in [-0.1, -0.05) is 84.0 Å². The number of nitrogens with one attached hydrogen (secondary N) is 7. The molecule has 1 aromatic heterocycles. The van der Waals surface area contributed by atoms with Gasteiger partial charge < -0.3 is 67.1 Å². The van der Waals surface area contributed by atoms with Gasteiger partial charge in [0.2, 0.25) is 29.5 Å². The summed E-state index contributed by atoms with van der Waals surface area (Å²) in [4.78, 5) is 97.1. The fraction of sp³-hybridized carbons (Fsp3) is 0.585. The highest BCUT2D eigenvalue weighted by Gasteiger charge is 2.34. The minimum atomic E-state index is -1.42. The Bertz CT molecular complexity index is 2380. The average molecular weight is 1080 g/mol. The number of alkyl carbamates (subject to hydrolysis) is 1. The SMILES string of the molecule is CC(C)C[C@H](NC(=O)[C@H](C)NC(=O)C[C@H](O)[C@H](CC(C)C)NC(=O)[C@@H](NC(=O)[C@H](Cc1ccc(O)cc1)NC(=O)OCc1ccccc1)C(C)C)[C@@H](O)CC(=O)NCCCCNc1ccn([C@H]2CS[C@@H](CO)O2)c(=O)n1. The third kappa shape index (κ3) is 21.8. The van der Waals surface area contributed by atoms with Crippen LogP contribution in [-0.4, -0.2) is 139 Å². The van der Waals surface area contributed by atoms with Gasteiger partial charge in [-0.05, 0) is 79.7 Å². The molecule has 23 heteroatoms. The van der Waals surface area contributed by atoms with Gasteiger partial charge in [0.15, 0.2) is 0 Å². The number of aliphatic hydroxyl groups is 3. The van der Waals surface area contributed by atoms with Crippen molar-refractivity contribution in [3.05, 3.63) is 88.5 Å². The summed E-state index contributed by atoms with van der Waals surface area (Å²) in [6, 6.07) is 11.5. The van der Waals surface area contributed by atoms with E-state index in [1.54, 1.807) is 62.5 Å². The number of phenolic OH excluding ortho intramolecular Hbond substituents is 1. The van der Waals surface area contributed by atoms with Crippen LogP contribution in [0.1, 0.15) is 104 Å². The van der Waals surface area contributed by atoms with Gasteiger partial charge in [-0.25, -0.2) is 9.59 Å². The first-order valence-electron chi connectivity index (χ1n) is 25.9. The molecule has 0 radical (unpaired) electrons. The number of ether oxygens (including phenoxy) is 2. The van der Waals surface area contributed by atoms with Gasteiger partial charge in [-0.15, -0.1) is 11.8 Å². The summed E-state index contributed by atoms with van der Waals surface area (Å²) in [5.74, 6) is -2.67. The average Bonchev–Trinajstić information content (AvgIpc) is 3.85. The van der Waals surface area contributed by atoms with Gasteiger partial charge in [-0.2, -0.15) is 4.98 Å². The molecular weight excluding hydrogens is 1000 g/mol. The second-order valence-corrected chi connectivity index (χ2v) is 21.4. The maximum atomic E-state index is 14.0. The number of aliphatic hydroxyl groups excluding tert-OH is 3. The second kappa shape index (κ2) is 31.7. The molecule has 22 nitrogen and oxygen atoms in total. The highest BCUT2D eigenvalue weighted by molar-refractivity contribution is 8.00. The topological polar surface area (TPSA) is 321 Å². The van der Waals surface area contributed by atoms with Crippen LogP contribution in [0.5, 0.6) is 5.75 Å². The molecule has 2 aromatic carbocycles. The van der Waals surface area contributed by atoms with E-state index in [9.17, 15) is 54.0 Å². The first kappa shape index (κ1) is 62.3.